The van der Waals surface area contributed by atoms with Gasteiger partial charge >= 0.3 is 6.18 Å². The largest absolute Gasteiger partial charge is 0.418 e. The van der Waals surface area contributed by atoms with Crippen LogP contribution in [-0.4, -0.2) is 13.1 Å². The molecule has 0 amide bonds. The minimum Gasteiger partial charge on any atom is -0.372 e. The molecule has 0 N–H and O–H groups in total. The Bertz CT molecular complexity index is 482. The fraction of sp³-hybridized carbons (Fsp3) is 0.500. The molecule has 0 aliphatic heterocycles. The fourth-order valence-electron chi connectivity index (χ4n) is 2.54. The van der Waals surface area contributed by atoms with Crippen molar-refractivity contribution in [3.05, 3.63) is 35.1 Å². The minimum atomic E-state index is -4.57. The molecule has 6 heteroatoms. The molecule has 1 aliphatic carbocycles. The molecule has 1 aliphatic rings. The number of hydrogen-bond donors (Lipinski definition) is 0. The van der Waals surface area contributed by atoms with Crippen LogP contribution in [0.4, 0.5) is 24.5 Å². The Morgan fingerprint density at radius 3 is 2.65 bits per heavy atom. The molecule has 1 saturated carbocycles. The van der Waals surface area contributed by atoms with Crippen LogP contribution in [0, 0.1) is 11.3 Å². The molecule has 20 heavy (non-hydrogen) atoms. The number of alkyl halides is 3. The summed E-state index contributed by atoms with van der Waals surface area (Å²) in [4.78, 5) is 12.3. The van der Waals surface area contributed by atoms with Crippen molar-refractivity contribution in [1.29, 1.82) is 0 Å². The van der Waals surface area contributed by atoms with Crippen molar-refractivity contribution < 1.29 is 13.2 Å². The lowest BCUT2D eigenvalue weighted by atomic mass is 9.94. The van der Waals surface area contributed by atoms with Gasteiger partial charge in [-0.1, -0.05) is 12.8 Å². The molecule has 0 heterocycles. The summed E-state index contributed by atoms with van der Waals surface area (Å²) in [6.07, 6.45) is 1.53. The summed E-state index contributed by atoms with van der Waals surface area (Å²) in [5, 5.41) is 2.46. The van der Waals surface area contributed by atoms with Crippen LogP contribution >= 0.6 is 0 Å². The Morgan fingerprint density at radius 1 is 1.35 bits per heavy atom. The monoisotopic (exact) mass is 285 g/mol. The molecule has 0 spiro atoms. The topological polar surface area (TPSA) is 32.7 Å². The zero-order chi connectivity index (χ0) is 14.8. The predicted molar refractivity (Wildman–Crippen MR) is 71.9 cm³/mol. The number of halogens is 3. The van der Waals surface area contributed by atoms with E-state index in [0.29, 0.717) is 5.69 Å². The predicted octanol–water partition coefficient (Wildman–Crippen LogP) is 4.69. The van der Waals surface area contributed by atoms with Crippen molar-refractivity contribution >= 4 is 11.4 Å². The Kier molecular flexibility index (Phi) is 4.30. The highest BCUT2D eigenvalue weighted by atomic mass is 19.4. The summed E-state index contributed by atoms with van der Waals surface area (Å²) < 4.78 is 38.7. The Hall–Kier alpha value is -1.59. The summed E-state index contributed by atoms with van der Waals surface area (Å²) in [6, 6.07) is 3.86. The Morgan fingerprint density at radius 2 is 2.10 bits per heavy atom. The van der Waals surface area contributed by atoms with Gasteiger partial charge in [-0.05, 0) is 42.6 Å². The third-order valence-electron chi connectivity index (χ3n) is 3.72. The number of nitroso groups, excluding NO2 is 1. The van der Waals surface area contributed by atoms with E-state index in [1.54, 1.807) is 7.05 Å². The Labute approximate surface area is 115 Å². The average molecular weight is 285 g/mol. The van der Waals surface area contributed by atoms with Gasteiger partial charge in [0, 0.05) is 18.8 Å². The van der Waals surface area contributed by atoms with Crippen LogP contribution in [0.1, 0.15) is 31.2 Å². The van der Waals surface area contributed by atoms with Gasteiger partial charge in [-0.3, -0.25) is 0 Å². The molecule has 0 aromatic heterocycles. The second-order valence-electron chi connectivity index (χ2n) is 5.01. The fourth-order valence-corrected chi connectivity index (χ4v) is 2.54. The molecule has 2 rings (SSSR count). The van der Waals surface area contributed by atoms with E-state index in [2.05, 4.69) is 11.6 Å². The van der Waals surface area contributed by atoms with Gasteiger partial charge < -0.3 is 4.90 Å². The lowest BCUT2D eigenvalue weighted by molar-refractivity contribution is -0.137. The van der Waals surface area contributed by atoms with Crippen LogP contribution in [0.25, 0.3) is 0 Å². The lowest BCUT2D eigenvalue weighted by Crippen LogP contribution is -2.33. The molecular formula is C14H16F3N2O. The maximum absolute atomic E-state index is 12.9. The lowest BCUT2D eigenvalue weighted by Gasteiger charge is -2.33. The van der Waals surface area contributed by atoms with E-state index in [1.165, 1.54) is 6.07 Å². The van der Waals surface area contributed by atoms with Gasteiger partial charge in [-0.15, -0.1) is 4.91 Å². The molecule has 1 fully saturated rings. The summed E-state index contributed by atoms with van der Waals surface area (Å²) in [7, 11) is 1.79. The van der Waals surface area contributed by atoms with Gasteiger partial charge in [0.25, 0.3) is 0 Å². The average Bonchev–Trinajstić information content (AvgIpc) is 2.46. The molecule has 0 bridgehead atoms. The molecule has 1 aromatic rings. The number of benzene rings is 1. The summed E-state index contributed by atoms with van der Waals surface area (Å²) in [5.41, 5.74) is -1.08. The quantitative estimate of drug-likeness (QED) is 0.755. The number of nitrogens with zero attached hydrogens (tertiary/aromatic N) is 2. The smallest absolute Gasteiger partial charge is 0.372 e. The number of hydrogen-bond acceptors (Lipinski definition) is 3. The van der Waals surface area contributed by atoms with E-state index in [4.69, 9.17) is 0 Å². The molecule has 109 valence electrons. The first-order valence-corrected chi connectivity index (χ1v) is 6.52. The zero-order valence-electron chi connectivity index (χ0n) is 11.2. The van der Waals surface area contributed by atoms with E-state index < -0.39 is 17.4 Å². The Balaban J connectivity index is 2.30. The van der Waals surface area contributed by atoms with Crippen LogP contribution in [0.5, 0.6) is 0 Å². The standard InChI is InChI=1S/C14H16F3N2O/c1-19(10-5-3-2-4-6-10)11-7-8-13(18-20)12(9-11)14(15,16)17/h3,7-10H,2,4-6H2,1H3. The minimum absolute atomic E-state index is 0.208. The van der Waals surface area contributed by atoms with Gasteiger partial charge in [0.2, 0.25) is 0 Å². The first-order valence-electron chi connectivity index (χ1n) is 6.52. The van der Waals surface area contributed by atoms with Gasteiger partial charge in [0.15, 0.2) is 0 Å². The summed E-state index contributed by atoms with van der Waals surface area (Å²) in [6.45, 7) is 0. The highest BCUT2D eigenvalue weighted by Gasteiger charge is 2.35. The van der Waals surface area contributed by atoms with Crippen molar-refractivity contribution in [3.63, 3.8) is 0 Å². The second kappa shape index (κ2) is 5.81. The van der Waals surface area contributed by atoms with Gasteiger partial charge in [-0.2, -0.15) is 13.2 Å². The van der Waals surface area contributed by atoms with Gasteiger partial charge in [-0.25, -0.2) is 0 Å². The number of anilines is 1. The van der Waals surface area contributed by atoms with Crippen LogP contribution in [0.2, 0.25) is 0 Å². The molecule has 1 atom stereocenters. The van der Waals surface area contributed by atoms with Gasteiger partial charge in [0.05, 0.1) is 5.56 Å². The number of rotatable bonds is 3. The summed E-state index contributed by atoms with van der Waals surface area (Å²) >= 11 is 0. The van der Waals surface area contributed by atoms with E-state index in [-0.39, 0.29) is 6.04 Å². The molecular weight excluding hydrogens is 269 g/mol. The van der Waals surface area contributed by atoms with Crippen LogP contribution in [0.15, 0.2) is 23.4 Å². The van der Waals surface area contributed by atoms with Crippen molar-refractivity contribution in [2.75, 3.05) is 11.9 Å². The van der Waals surface area contributed by atoms with Crippen molar-refractivity contribution in [2.24, 2.45) is 5.18 Å². The maximum atomic E-state index is 12.9. The molecule has 1 unspecified atom stereocenters. The molecule has 1 radical (unpaired) electrons. The third-order valence-corrected chi connectivity index (χ3v) is 3.72. The van der Waals surface area contributed by atoms with E-state index in [9.17, 15) is 18.1 Å². The first-order chi connectivity index (χ1) is 9.43. The summed E-state index contributed by atoms with van der Waals surface area (Å²) in [5.74, 6) is 0. The van der Waals surface area contributed by atoms with E-state index in [0.717, 1.165) is 37.8 Å². The highest BCUT2D eigenvalue weighted by Crippen LogP contribution is 2.39. The van der Waals surface area contributed by atoms with Crippen molar-refractivity contribution in [3.8, 4) is 0 Å². The van der Waals surface area contributed by atoms with Gasteiger partial charge in [0.1, 0.15) is 5.69 Å². The second-order valence-corrected chi connectivity index (χ2v) is 5.01. The molecule has 0 saturated heterocycles. The zero-order valence-corrected chi connectivity index (χ0v) is 11.2. The highest BCUT2D eigenvalue weighted by molar-refractivity contribution is 5.59. The maximum Gasteiger partial charge on any atom is 0.418 e. The molecule has 3 nitrogen and oxygen atoms in total. The van der Waals surface area contributed by atoms with Crippen LogP contribution in [0.3, 0.4) is 0 Å². The third kappa shape index (κ3) is 3.11. The normalized spacial score (nSPS) is 17.0. The van der Waals surface area contributed by atoms with Crippen molar-refractivity contribution in [1.82, 2.24) is 0 Å². The van der Waals surface area contributed by atoms with E-state index >= 15 is 0 Å². The van der Waals surface area contributed by atoms with E-state index in [1.807, 2.05) is 4.90 Å². The SMILES string of the molecule is CN(c1ccc(N=O)c(C(F)(F)F)c1)C1C[CH]CCC1. The molecule has 1 aromatic carbocycles. The first kappa shape index (κ1) is 14.8. The van der Waals surface area contributed by atoms with Crippen LogP contribution < -0.4 is 4.90 Å². The van der Waals surface area contributed by atoms with Crippen molar-refractivity contribution in [2.45, 2.75) is 37.9 Å². The van der Waals surface area contributed by atoms with Crippen LogP contribution in [-0.2, 0) is 6.18 Å².